The average Bonchev–Trinajstić information content (AvgIpc) is 2.97. The molecule has 2 heterocycles. The SMILES string of the molecule is Cc1nc(C)c(-c2ccc(=O)n(CCNS(=O)(=O)c3ccc(Cl)c(Cl)c3)n2)s1. The molecular formula is C17H16Cl2N4O3S2. The molecule has 0 atom stereocenters. The second-order valence-corrected chi connectivity index (χ2v) is 9.69. The van der Waals surface area contributed by atoms with Crippen LogP contribution in [-0.4, -0.2) is 29.7 Å². The van der Waals surface area contributed by atoms with Crippen molar-refractivity contribution in [2.75, 3.05) is 6.54 Å². The van der Waals surface area contributed by atoms with Crippen LogP contribution in [-0.2, 0) is 16.6 Å². The van der Waals surface area contributed by atoms with Gasteiger partial charge in [0.25, 0.3) is 5.56 Å². The van der Waals surface area contributed by atoms with Crippen molar-refractivity contribution in [2.24, 2.45) is 0 Å². The lowest BCUT2D eigenvalue weighted by atomic mass is 10.3. The van der Waals surface area contributed by atoms with Gasteiger partial charge in [0.2, 0.25) is 10.0 Å². The van der Waals surface area contributed by atoms with E-state index in [1.165, 1.54) is 40.3 Å². The van der Waals surface area contributed by atoms with Gasteiger partial charge >= 0.3 is 0 Å². The normalized spacial score (nSPS) is 11.7. The quantitative estimate of drug-likeness (QED) is 0.611. The molecule has 0 fully saturated rings. The van der Waals surface area contributed by atoms with E-state index in [1.54, 1.807) is 6.07 Å². The Bertz CT molecular complexity index is 1190. The molecule has 148 valence electrons. The summed E-state index contributed by atoms with van der Waals surface area (Å²) in [5, 5.41) is 5.65. The van der Waals surface area contributed by atoms with Crippen LogP contribution in [0, 0.1) is 13.8 Å². The molecule has 11 heteroatoms. The zero-order valence-electron chi connectivity index (χ0n) is 14.9. The topological polar surface area (TPSA) is 94.0 Å². The summed E-state index contributed by atoms with van der Waals surface area (Å²) in [6.07, 6.45) is 0. The molecular weight excluding hydrogens is 443 g/mol. The molecule has 3 rings (SSSR count). The summed E-state index contributed by atoms with van der Waals surface area (Å²) in [4.78, 5) is 17.3. The summed E-state index contributed by atoms with van der Waals surface area (Å²) in [5.41, 5.74) is 1.13. The predicted octanol–water partition coefficient (Wildman–Crippen LogP) is 3.27. The highest BCUT2D eigenvalue weighted by atomic mass is 35.5. The summed E-state index contributed by atoms with van der Waals surface area (Å²) in [7, 11) is -3.79. The second kappa shape index (κ2) is 8.30. The average molecular weight is 459 g/mol. The zero-order chi connectivity index (χ0) is 20.5. The number of thiazole rings is 1. The van der Waals surface area contributed by atoms with Crippen molar-refractivity contribution in [2.45, 2.75) is 25.3 Å². The van der Waals surface area contributed by atoms with Crippen molar-refractivity contribution < 1.29 is 8.42 Å². The van der Waals surface area contributed by atoms with E-state index < -0.39 is 10.0 Å². The molecule has 0 spiro atoms. The number of hydrogen-bond acceptors (Lipinski definition) is 6. The minimum atomic E-state index is -3.79. The molecule has 28 heavy (non-hydrogen) atoms. The van der Waals surface area contributed by atoms with E-state index in [0.29, 0.717) is 5.69 Å². The van der Waals surface area contributed by atoms with Gasteiger partial charge < -0.3 is 0 Å². The molecule has 0 aliphatic carbocycles. The first-order chi connectivity index (χ1) is 13.2. The van der Waals surface area contributed by atoms with Crippen molar-refractivity contribution in [3.8, 4) is 10.6 Å². The Morgan fingerprint density at radius 1 is 1.14 bits per heavy atom. The van der Waals surface area contributed by atoms with Crippen LogP contribution in [0.25, 0.3) is 10.6 Å². The molecule has 0 saturated carbocycles. The smallest absolute Gasteiger partial charge is 0.266 e. The Labute approximate surface area is 176 Å². The zero-order valence-corrected chi connectivity index (χ0v) is 18.1. The minimum Gasteiger partial charge on any atom is -0.268 e. The summed E-state index contributed by atoms with van der Waals surface area (Å²) in [6.45, 7) is 3.83. The predicted molar refractivity (Wildman–Crippen MR) is 111 cm³/mol. The Hall–Kier alpha value is -1.78. The third-order valence-electron chi connectivity index (χ3n) is 3.82. The van der Waals surface area contributed by atoms with E-state index >= 15 is 0 Å². The standard InChI is InChI=1S/C17H16Cl2N4O3S2/c1-10-17(27-11(2)21-10)15-5-6-16(24)23(22-15)8-7-20-28(25,26)12-3-4-13(18)14(19)9-12/h3-6,9,20H,7-8H2,1-2H3. The number of hydrogen-bond donors (Lipinski definition) is 1. The monoisotopic (exact) mass is 458 g/mol. The van der Waals surface area contributed by atoms with Gasteiger partial charge in [-0.25, -0.2) is 22.8 Å². The Morgan fingerprint density at radius 2 is 1.89 bits per heavy atom. The number of benzene rings is 1. The largest absolute Gasteiger partial charge is 0.268 e. The summed E-state index contributed by atoms with van der Waals surface area (Å²) < 4.78 is 28.4. The maximum Gasteiger partial charge on any atom is 0.266 e. The number of nitrogens with zero attached hydrogens (tertiary/aromatic N) is 3. The molecule has 1 aromatic carbocycles. The molecule has 0 unspecified atom stereocenters. The van der Waals surface area contributed by atoms with E-state index in [0.717, 1.165) is 15.6 Å². The first-order valence-corrected chi connectivity index (χ1v) is 11.2. The lowest BCUT2D eigenvalue weighted by Crippen LogP contribution is -2.32. The maximum absolute atomic E-state index is 12.4. The number of aromatic nitrogens is 3. The van der Waals surface area contributed by atoms with Crippen LogP contribution < -0.4 is 10.3 Å². The van der Waals surface area contributed by atoms with Gasteiger partial charge in [0, 0.05) is 12.6 Å². The van der Waals surface area contributed by atoms with Crippen molar-refractivity contribution in [1.82, 2.24) is 19.5 Å². The lowest BCUT2D eigenvalue weighted by molar-refractivity contribution is 0.549. The second-order valence-electron chi connectivity index (χ2n) is 5.90. The van der Waals surface area contributed by atoms with Gasteiger partial charge in [-0.2, -0.15) is 5.10 Å². The minimum absolute atomic E-state index is 0.00767. The van der Waals surface area contributed by atoms with Crippen LogP contribution in [0.15, 0.2) is 40.0 Å². The molecule has 2 aromatic heterocycles. The molecule has 0 aliphatic rings. The lowest BCUT2D eigenvalue weighted by Gasteiger charge is -2.09. The molecule has 3 aromatic rings. The van der Waals surface area contributed by atoms with Gasteiger partial charge in [0.05, 0.1) is 37.1 Å². The summed E-state index contributed by atoms with van der Waals surface area (Å²) in [6, 6.07) is 7.08. The summed E-state index contributed by atoms with van der Waals surface area (Å²) in [5.74, 6) is 0. The fourth-order valence-electron chi connectivity index (χ4n) is 2.51. The number of aryl methyl sites for hydroxylation is 2. The third-order valence-corrected chi connectivity index (χ3v) is 7.11. The highest BCUT2D eigenvalue weighted by molar-refractivity contribution is 7.89. The number of nitrogens with one attached hydrogen (secondary N) is 1. The van der Waals surface area contributed by atoms with Gasteiger partial charge in [-0.3, -0.25) is 4.79 Å². The van der Waals surface area contributed by atoms with Crippen LogP contribution in [0.5, 0.6) is 0 Å². The van der Waals surface area contributed by atoms with E-state index in [2.05, 4.69) is 14.8 Å². The summed E-state index contributed by atoms with van der Waals surface area (Å²) >= 11 is 13.2. The maximum atomic E-state index is 12.4. The van der Waals surface area contributed by atoms with Gasteiger partial charge in [0.1, 0.15) is 5.69 Å². The van der Waals surface area contributed by atoms with E-state index in [-0.39, 0.29) is 33.6 Å². The van der Waals surface area contributed by atoms with Crippen LogP contribution in [0.2, 0.25) is 10.0 Å². The molecule has 0 radical (unpaired) electrons. The number of rotatable bonds is 6. The highest BCUT2D eigenvalue weighted by Crippen LogP contribution is 2.27. The fraction of sp³-hybridized carbons (Fsp3) is 0.235. The molecule has 0 amide bonds. The van der Waals surface area contributed by atoms with E-state index in [9.17, 15) is 13.2 Å². The van der Waals surface area contributed by atoms with Gasteiger partial charge in [-0.05, 0) is 38.1 Å². The molecule has 1 N–H and O–H groups in total. The van der Waals surface area contributed by atoms with Crippen molar-refractivity contribution in [3.05, 3.63) is 61.4 Å². The Morgan fingerprint density at radius 3 is 2.54 bits per heavy atom. The molecule has 0 saturated heterocycles. The van der Waals surface area contributed by atoms with Crippen molar-refractivity contribution in [1.29, 1.82) is 0 Å². The Balaban J connectivity index is 1.75. The Kier molecular flexibility index (Phi) is 6.21. The third kappa shape index (κ3) is 4.61. The van der Waals surface area contributed by atoms with Crippen LogP contribution in [0.3, 0.4) is 0 Å². The highest BCUT2D eigenvalue weighted by Gasteiger charge is 2.16. The van der Waals surface area contributed by atoms with Crippen LogP contribution in [0.4, 0.5) is 0 Å². The van der Waals surface area contributed by atoms with Gasteiger partial charge in [-0.1, -0.05) is 23.2 Å². The molecule has 0 aliphatic heterocycles. The van der Waals surface area contributed by atoms with Crippen molar-refractivity contribution in [3.63, 3.8) is 0 Å². The number of halogens is 2. The fourth-order valence-corrected chi connectivity index (χ4v) is 4.81. The van der Waals surface area contributed by atoms with Crippen LogP contribution in [0.1, 0.15) is 10.7 Å². The van der Waals surface area contributed by atoms with E-state index in [1.807, 2.05) is 13.8 Å². The van der Waals surface area contributed by atoms with E-state index in [4.69, 9.17) is 23.2 Å². The first kappa shape index (κ1) is 20.9. The molecule has 0 bridgehead atoms. The van der Waals surface area contributed by atoms with Gasteiger partial charge in [0.15, 0.2) is 0 Å². The number of sulfonamides is 1. The molecule has 7 nitrogen and oxygen atoms in total. The van der Waals surface area contributed by atoms with Crippen LogP contribution >= 0.6 is 34.5 Å². The van der Waals surface area contributed by atoms with Gasteiger partial charge in [-0.15, -0.1) is 11.3 Å². The van der Waals surface area contributed by atoms with Crippen molar-refractivity contribution >= 4 is 44.6 Å². The first-order valence-electron chi connectivity index (χ1n) is 8.14.